The number of rotatable bonds is 4. The molecule has 36 heavy (non-hydrogen) atoms. The van der Waals surface area contributed by atoms with E-state index in [2.05, 4.69) is 16.0 Å². The van der Waals surface area contributed by atoms with Crippen molar-refractivity contribution in [2.24, 2.45) is 0 Å². The summed E-state index contributed by atoms with van der Waals surface area (Å²) in [5, 5.41) is 37.2. The number of nitrogens with zero attached hydrogens (tertiary/aromatic N) is 2. The molecule has 3 saturated heterocycles. The fraction of sp³-hybridized carbons (Fsp3) is 0.292. The van der Waals surface area contributed by atoms with Gasteiger partial charge in [0.05, 0.1) is 41.9 Å². The molecule has 4 aliphatic rings. The molecule has 5 atom stereocenters. The SMILES string of the molecule is N=C1NC2C(CN3C(=O)c4ccccc4C3=O)NC(=N)N3CC(OC(=O)c4ccccc4)[C@@H](O)C23N1. The third kappa shape index (κ3) is 3.00. The molecule has 6 N–H and O–H groups in total. The number of amides is 2. The van der Waals surface area contributed by atoms with Crippen LogP contribution in [0, 0.1) is 10.8 Å². The van der Waals surface area contributed by atoms with Gasteiger partial charge in [0.25, 0.3) is 11.8 Å². The fourth-order valence-corrected chi connectivity index (χ4v) is 5.60. The summed E-state index contributed by atoms with van der Waals surface area (Å²) < 4.78 is 5.62. The lowest BCUT2D eigenvalue weighted by Gasteiger charge is -2.49. The Morgan fingerprint density at radius 2 is 1.67 bits per heavy atom. The smallest absolute Gasteiger partial charge is 0.338 e. The molecule has 0 radical (unpaired) electrons. The highest BCUT2D eigenvalue weighted by molar-refractivity contribution is 6.21. The lowest BCUT2D eigenvalue weighted by molar-refractivity contribution is -0.0383. The molecule has 2 aromatic carbocycles. The number of hydrogen-bond acceptors (Lipinski definition) is 7. The molecule has 4 unspecified atom stereocenters. The number of nitrogens with one attached hydrogen (secondary N) is 5. The van der Waals surface area contributed by atoms with Gasteiger partial charge in [-0.15, -0.1) is 0 Å². The summed E-state index contributed by atoms with van der Waals surface area (Å²) in [5.74, 6) is -1.68. The van der Waals surface area contributed by atoms with Crippen molar-refractivity contribution in [1.29, 1.82) is 10.8 Å². The van der Waals surface area contributed by atoms with Crippen LogP contribution in [0.4, 0.5) is 0 Å². The molecule has 4 aliphatic heterocycles. The van der Waals surface area contributed by atoms with Crippen molar-refractivity contribution < 1.29 is 24.2 Å². The van der Waals surface area contributed by atoms with Gasteiger partial charge in [0.15, 0.2) is 17.6 Å². The van der Waals surface area contributed by atoms with Gasteiger partial charge >= 0.3 is 5.97 Å². The van der Waals surface area contributed by atoms with Gasteiger partial charge in [-0.05, 0) is 24.3 Å². The van der Waals surface area contributed by atoms with Crippen molar-refractivity contribution in [2.75, 3.05) is 13.1 Å². The van der Waals surface area contributed by atoms with Crippen molar-refractivity contribution in [3.05, 3.63) is 71.3 Å². The Bertz CT molecular complexity index is 1280. The largest absolute Gasteiger partial charge is 0.454 e. The van der Waals surface area contributed by atoms with Crippen molar-refractivity contribution >= 4 is 29.7 Å². The minimum atomic E-state index is -1.40. The minimum Gasteiger partial charge on any atom is -0.454 e. The molecule has 2 amide bonds. The predicted octanol–water partition coefficient (Wildman–Crippen LogP) is -0.716. The van der Waals surface area contributed by atoms with Gasteiger partial charge in [-0.2, -0.15) is 0 Å². The zero-order chi connectivity index (χ0) is 25.2. The Balaban J connectivity index is 1.28. The maximum atomic E-state index is 12.9. The number of guanidine groups is 2. The molecule has 12 nitrogen and oxygen atoms in total. The van der Waals surface area contributed by atoms with Crippen molar-refractivity contribution in [3.8, 4) is 0 Å². The highest BCUT2D eigenvalue weighted by Gasteiger charge is 2.67. The molecule has 3 fully saturated rings. The van der Waals surface area contributed by atoms with Gasteiger partial charge < -0.3 is 30.7 Å². The molecule has 0 aromatic heterocycles. The topological polar surface area (TPSA) is 171 Å². The van der Waals surface area contributed by atoms with Crippen molar-refractivity contribution in [2.45, 2.75) is 30.0 Å². The number of carbonyl (C=O) groups is 3. The summed E-state index contributed by atoms with van der Waals surface area (Å²) in [6.07, 6.45) is -2.32. The van der Waals surface area contributed by atoms with Crippen LogP contribution in [0.1, 0.15) is 31.1 Å². The Labute approximate surface area is 205 Å². The quantitative estimate of drug-likeness (QED) is 0.240. The monoisotopic (exact) mass is 489 g/mol. The third-order valence-electron chi connectivity index (χ3n) is 7.23. The lowest BCUT2D eigenvalue weighted by Crippen LogP contribution is -2.78. The van der Waals surface area contributed by atoms with E-state index in [4.69, 9.17) is 15.6 Å². The van der Waals surface area contributed by atoms with Crippen molar-refractivity contribution in [3.63, 3.8) is 0 Å². The fourth-order valence-electron chi connectivity index (χ4n) is 5.60. The Hall–Kier alpha value is -4.45. The van der Waals surface area contributed by atoms with Gasteiger partial charge in [-0.3, -0.25) is 25.3 Å². The van der Waals surface area contributed by atoms with E-state index in [0.717, 1.165) is 4.90 Å². The van der Waals surface area contributed by atoms with Gasteiger partial charge in [0, 0.05) is 0 Å². The van der Waals surface area contributed by atoms with E-state index in [-0.39, 0.29) is 25.0 Å². The van der Waals surface area contributed by atoms with Crippen LogP contribution in [0.15, 0.2) is 54.6 Å². The Morgan fingerprint density at radius 1 is 1.03 bits per heavy atom. The zero-order valence-electron chi connectivity index (χ0n) is 18.9. The van der Waals surface area contributed by atoms with Gasteiger partial charge in [-0.25, -0.2) is 4.79 Å². The first kappa shape index (κ1) is 22.0. The second-order valence-corrected chi connectivity index (χ2v) is 9.18. The first-order valence-corrected chi connectivity index (χ1v) is 11.5. The van der Waals surface area contributed by atoms with Crippen LogP contribution in [-0.4, -0.2) is 87.7 Å². The summed E-state index contributed by atoms with van der Waals surface area (Å²) in [7, 11) is 0. The minimum absolute atomic E-state index is 0.00374. The van der Waals surface area contributed by atoms with E-state index in [9.17, 15) is 19.5 Å². The van der Waals surface area contributed by atoms with E-state index in [1.807, 2.05) is 0 Å². The number of imide groups is 1. The van der Waals surface area contributed by atoms with Crippen LogP contribution in [-0.2, 0) is 4.74 Å². The molecule has 1 spiro atoms. The first-order valence-electron chi connectivity index (χ1n) is 11.5. The molecule has 0 bridgehead atoms. The first-order chi connectivity index (χ1) is 17.3. The summed E-state index contributed by atoms with van der Waals surface area (Å²) in [6, 6.07) is 13.5. The van der Waals surface area contributed by atoms with Crippen molar-refractivity contribution in [1.82, 2.24) is 25.8 Å². The van der Waals surface area contributed by atoms with E-state index < -0.39 is 47.7 Å². The molecule has 0 saturated carbocycles. The summed E-state index contributed by atoms with van der Waals surface area (Å²) in [4.78, 5) is 41.2. The predicted molar refractivity (Wildman–Crippen MR) is 125 cm³/mol. The van der Waals surface area contributed by atoms with Crippen LogP contribution >= 0.6 is 0 Å². The molecule has 12 heteroatoms. The van der Waals surface area contributed by atoms with Gasteiger partial charge in [-0.1, -0.05) is 30.3 Å². The number of fused-ring (bicyclic) bond motifs is 1. The van der Waals surface area contributed by atoms with E-state index in [1.54, 1.807) is 54.6 Å². The van der Waals surface area contributed by atoms with E-state index in [0.29, 0.717) is 16.7 Å². The Morgan fingerprint density at radius 3 is 2.33 bits per heavy atom. The lowest BCUT2D eigenvalue weighted by atomic mass is 9.87. The second kappa shape index (κ2) is 7.78. The summed E-state index contributed by atoms with van der Waals surface area (Å²) >= 11 is 0. The number of aliphatic hydroxyl groups is 1. The van der Waals surface area contributed by atoms with Gasteiger partial charge in [0.1, 0.15) is 12.2 Å². The average Bonchev–Trinajstić information content (AvgIpc) is 3.46. The molecule has 6 rings (SSSR count). The van der Waals surface area contributed by atoms with Crippen LogP contribution < -0.4 is 16.0 Å². The third-order valence-corrected chi connectivity index (χ3v) is 7.23. The highest BCUT2D eigenvalue weighted by atomic mass is 16.6. The van der Waals surface area contributed by atoms with E-state index in [1.165, 1.54) is 4.90 Å². The number of benzene rings is 2. The molecular weight excluding hydrogens is 466 g/mol. The average molecular weight is 489 g/mol. The molecular formula is C24H23N7O5. The number of carbonyl (C=O) groups excluding carboxylic acids is 3. The number of hydrogen-bond donors (Lipinski definition) is 6. The zero-order valence-corrected chi connectivity index (χ0v) is 18.9. The normalized spacial score (nSPS) is 30.2. The van der Waals surface area contributed by atoms with Crippen LogP contribution in [0.25, 0.3) is 0 Å². The number of ether oxygens (including phenoxy) is 1. The number of aliphatic hydroxyl groups excluding tert-OH is 1. The number of esters is 1. The molecule has 184 valence electrons. The second-order valence-electron chi connectivity index (χ2n) is 9.18. The maximum Gasteiger partial charge on any atom is 0.338 e. The molecule has 4 heterocycles. The van der Waals surface area contributed by atoms with Crippen LogP contribution in [0.3, 0.4) is 0 Å². The Kier molecular flexibility index (Phi) is 4.76. The van der Waals surface area contributed by atoms with Crippen LogP contribution in [0.2, 0.25) is 0 Å². The standard InChI is InChI=1S/C24H23N7O5/c25-22-28-17-15(10-30-19(33)13-8-4-5-9-14(13)20(30)34)27-23(26)31-11-16(18(32)24(17,31)29-22)36-21(35)12-6-2-1-3-7-12/h1-9,15-18,32H,10-11H2,(H2,26,27)(H3,25,28,29)/t15?,16?,17?,18-,24?/m1/s1. The summed E-state index contributed by atoms with van der Waals surface area (Å²) in [5.41, 5.74) is -0.456. The van der Waals surface area contributed by atoms with Gasteiger partial charge in [0.2, 0.25) is 0 Å². The molecule has 0 aliphatic carbocycles. The summed E-state index contributed by atoms with van der Waals surface area (Å²) in [6.45, 7) is -0.0953. The molecule has 2 aromatic rings. The maximum absolute atomic E-state index is 12.9. The van der Waals surface area contributed by atoms with E-state index >= 15 is 0 Å². The van der Waals surface area contributed by atoms with Crippen LogP contribution in [0.5, 0.6) is 0 Å². The highest BCUT2D eigenvalue weighted by Crippen LogP contribution is 2.39.